The van der Waals surface area contributed by atoms with Gasteiger partial charge in [-0.15, -0.1) is 0 Å². The first-order valence-electron chi connectivity index (χ1n) is 5.99. The Balaban J connectivity index is 2.27. The van der Waals surface area contributed by atoms with Crippen LogP contribution in [0.1, 0.15) is 44.2 Å². The zero-order valence-corrected chi connectivity index (χ0v) is 10.0. The highest BCUT2D eigenvalue weighted by atomic mass is 15.0. The molecule has 15 heavy (non-hydrogen) atoms. The van der Waals surface area contributed by atoms with Gasteiger partial charge in [0.15, 0.2) is 0 Å². The topological polar surface area (TPSA) is 12.0 Å². The van der Waals surface area contributed by atoms with Crippen LogP contribution in [-0.2, 0) is 5.54 Å². The predicted octanol–water partition coefficient (Wildman–Crippen LogP) is 3.37. The molecule has 1 heteroatoms. The van der Waals surface area contributed by atoms with Crippen LogP contribution in [0.2, 0.25) is 0 Å². The molecule has 1 nitrogen and oxygen atoms in total. The quantitative estimate of drug-likeness (QED) is 0.791. The average molecular weight is 203 g/mol. The predicted molar refractivity (Wildman–Crippen MR) is 65.0 cm³/mol. The van der Waals surface area contributed by atoms with E-state index in [1.54, 1.807) is 0 Å². The maximum Gasteiger partial charge on any atom is 0.0408 e. The Morgan fingerprint density at radius 1 is 1.33 bits per heavy atom. The molecule has 0 heterocycles. The van der Waals surface area contributed by atoms with E-state index >= 15 is 0 Å². The van der Waals surface area contributed by atoms with Gasteiger partial charge >= 0.3 is 0 Å². The third-order valence-corrected chi connectivity index (χ3v) is 3.55. The van der Waals surface area contributed by atoms with Gasteiger partial charge in [0.05, 0.1) is 0 Å². The lowest BCUT2D eigenvalue weighted by molar-refractivity contribution is 0.348. The molecule has 0 saturated heterocycles. The fourth-order valence-electron chi connectivity index (χ4n) is 2.24. The second-order valence-corrected chi connectivity index (χ2v) is 4.92. The number of rotatable bonds is 4. The van der Waals surface area contributed by atoms with Gasteiger partial charge in [0.25, 0.3) is 0 Å². The van der Waals surface area contributed by atoms with Crippen molar-refractivity contribution in [2.75, 3.05) is 0 Å². The van der Waals surface area contributed by atoms with E-state index in [1.165, 1.54) is 24.0 Å². The molecule has 0 aliphatic heterocycles. The van der Waals surface area contributed by atoms with Gasteiger partial charge in [0.1, 0.15) is 0 Å². The Kier molecular flexibility index (Phi) is 2.83. The largest absolute Gasteiger partial charge is 0.305 e. The van der Waals surface area contributed by atoms with Crippen LogP contribution in [-0.4, -0.2) is 6.04 Å². The summed E-state index contributed by atoms with van der Waals surface area (Å²) in [6, 6.07) is 9.48. The van der Waals surface area contributed by atoms with Crippen LogP contribution in [0.4, 0.5) is 0 Å². The van der Waals surface area contributed by atoms with Gasteiger partial charge in [-0.3, -0.25) is 0 Å². The molecule has 82 valence electrons. The number of nitrogens with one attached hydrogen (secondary N) is 1. The third-order valence-electron chi connectivity index (χ3n) is 3.55. The summed E-state index contributed by atoms with van der Waals surface area (Å²) >= 11 is 0. The fourth-order valence-corrected chi connectivity index (χ4v) is 2.24. The highest BCUT2D eigenvalue weighted by molar-refractivity contribution is 5.32. The standard InChI is InChI=1S/C14H21N/c1-4-14(3,15-12-9-10-12)13-8-6-5-7-11(13)2/h5-8,12,15H,4,9-10H2,1-3H3. The summed E-state index contributed by atoms with van der Waals surface area (Å²) in [6.07, 6.45) is 3.84. The Morgan fingerprint density at radius 3 is 2.53 bits per heavy atom. The second kappa shape index (κ2) is 3.97. The van der Waals surface area contributed by atoms with E-state index < -0.39 is 0 Å². The lowest BCUT2D eigenvalue weighted by Gasteiger charge is -2.32. The summed E-state index contributed by atoms with van der Waals surface area (Å²) in [5, 5.41) is 3.77. The highest BCUT2D eigenvalue weighted by Crippen LogP contribution is 2.32. The van der Waals surface area contributed by atoms with Crippen molar-refractivity contribution in [2.45, 2.75) is 51.6 Å². The SMILES string of the molecule is CCC(C)(NC1CC1)c1ccccc1C. The van der Waals surface area contributed by atoms with Gasteiger partial charge in [-0.05, 0) is 44.2 Å². The average Bonchev–Trinajstić information content (AvgIpc) is 3.02. The Labute approximate surface area is 92.9 Å². The van der Waals surface area contributed by atoms with E-state index in [0.717, 1.165) is 12.5 Å². The van der Waals surface area contributed by atoms with Gasteiger partial charge in [-0.25, -0.2) is 0 Å². The van der Waals surface area contributed by atoms with Crippen LogP contribution in [0.15, 0.2) is 24.3 Å². The summed E-state index contributed by atoms with van der Waals surface area (Å²) in [6.45, 7) is 6.80. The van der Waals surface area contributed by atoms with Crippen molar-refractivity contribution in [3.05, 3.63) is 35.4 Å². The first kappa shape index (κ1) is 10.7. The zero-order chi connectivity index (χ0) is 10.9. The van der Waals surface area contributed by atoms with Crippen molar-refractivity contribution in [1.82, 2.24) is 5.32 Å². The van der Waals surface area contributed by atoms with E-state index in [2.05, 4.69) is 50.4 Å². The Morgan fingerprint density at radius 2 is 2.00 bits per heavy atom. The number of aryl methyl sites for hydroxylation is 1. The molecule has 1 aromatic carbocycles. The van der Waals surface area contributed by atoms with Gasteiger partial charge in [-0.1, -0.05) is 31.2 Å². The minimum Gasteiger partial charge on any atom is -0.305 e. The number of hydrogen-bond donors (Lipinski definition) is 1. The van der Waals surface area contributed by atoms with Crippen LogP contribution in [0.3, 0.4) is 0 Å². The van der Waals surface area contributed by atoms with E-state index in [1.807, 2.05) is 0 Å². The van der Waals surface area contributed by atoms with E-state index in [-0.39, 0.29) is 5.54 Å². The normalized spacial score (nSPS) is 19.9. The van der Waals surface area contributed by atoms with Crippen molar-refractivity contribution in [3.8, 4) is 0 Å². The Bertz CT molecular complexity index is 341. The first-order chi connectivity index (χ1) is 7.15. The molecule has 1 aromatic rings. The molecular formula is C14H21N. The molecule has 1 fully saturated rings. The maximum absolute atomic E-state index is 3.77. The van der Waals surface area contributed by atoms with Gasteiger partial charge in [-0.2, -0.15) is 0 Å². The summed E-state index contributed by atoms with van der Waals surface area (Å²) < 4.78 is 0. The third kappa shape index (κ3) is 2.23. The van der Waals surface area contributed by atoms with Crippen molar-refractivity contribution >= 4 is 0 Å². The summed E-state index contributed by atoms with van der Waals surface area (Å²) in [7, 11) is 0. The first-order valence-corrected chi connectivity index (χ1v) is 5.99. The molecule has 0 aromatic heterocycles. The molecule has 0 radical (unpaired) electrons. The van der Waals surface area contributed by atoms with Crippen LogP contribution in [0.5, 0.6) is 0 Å². The number of benzene rings is 1. The molecular weight excluding hydrogens is 182 g/mol. The summed E-state index contributed by atoms with van der Waals surface area (Å²) in [4.78, 5) is 0. The second-order valence-electron chi connectivity index (χ2n) is 4.92. The number of hydrogen-bond acceptors (Lipinski definition) is 1. The van der Waals surface area contributed by atoms with Crippen molar-refractivity contribution in [1.29, 1.82) is 0 Å². The molecule has 0 bridgehead atoms. The van der Waals surface area contributed by atoms with Gasteiger partial charge in [0, 0.05) is 11.6 Å². The molecule has 2 rings (SSSR count). The molecule has 0 amide bonds. The molecule has 1 saturated carbocycles. The molecule has 1 unspecified atom stereocenters. The van der Waals surface area contributed by atoms with Crippen molar-refractivity contribution in [2.24, 2.45) is 0 Å². The highest BCUT2D eigenvalue weighted by Gasteiger charge is 2.32. The van der Waals surface area contributed by atoms with Crippen LogP contribution < -0.4 is 5.32 Å². The van der Waals surface area contributed by atoms with E-state index in [9.17, 15) is 0 Å². The monoisotopic (exact) mass is 203 g/mol. The van der Waals surface area contributed by atoms with Crippen LogP contribution >= 0.6 is 0 Å². The molecule has 1 N–H and O–H groups in total. The summed E-state index contributed by atoms with van der Waals surface area (Å²) in [5.74, 6) is 0. The lowest BCUT2D eigenvalue weighted by atomic mass is 9.86. The fraction of sp³-hybridized carbons (Fsp3) is 0.571. The molecule has 1 aliphatic carbocycles. The minimum absolute atomic E-state index is 0.159. The van der Waals surface area contributed by atoms with Crippen LogP contribution in [0.25, 0.3) is 0 Å². The van der Waals surface area contributed by atoms with Gasteiger partial charge < -0.3 is 5.32 Å². The maximum atomic E-state index is 3.77. The van der Waals surface area contributed by atoms with Gasteiger partial charge in [0.2, 0.25) is 0 Å². The smallest absolute Gasteiger partial charge is 0.0408 e. The van der Waals surface area contributed by atoms with Crippen LogP contribution in [0, 0.1) is 6.92 Å². The molecule has 1 aliphatic rings. The van der Waals surface area contributed by atoms with Crippen molar-refractivity contribution in [3.63, 3.8) is 0 Å². The van der Waals surface area contributed by atoms with Crippen molar-refractivity contribution < 1.29 is 0 Å². The molecule has 1 atom stereocenters. The summed E-state index contributed by atoms with van der Waals surface area (Å²) in [5.41, 5.74) is 3.02. The lowest BCUT2D eigenvalue weighted by Crippen LogP contribution is -2.40. The minimum atomic E-state index is 0.159. The zero-order valence-electron chi connectivity index (χ0n) is 10.0. The Hall–Kier alpha value is -0.820. The van der Waals surface area contributed by atoms with E-state index in [0.29, 0.717) is 0 Å². The molecule has 0 spiro atoms. The van der Waals surface area contributed by atoms with E-state index in [4.69, 9.17) is 0 Å².